The van der Waals surface area contributed by atoms with Crippen LogP contribution in [0.2, 0.25) is 0 Å². The average Bonchev–Trinajstić information content (AvgIpc) is 2.09. The Kier molecular flexibility index (Phi) is 6.28. The molecule has 0 saturated carbocycles. The second-order valence-electron chi connectivity index (χ2n) is 2.94. The maximum atomic E-state index is 11.8. The molecule has 0 aromatic carbocycles. The quantitative estimate of drug-likeness (QED) is 0.543. The van der Waals surface area contributed by atoms with Crippen LogP contribution in [0.3, 0.4) is 0 Å². The molecular formula is C10H15F3O. The molecule has 0 spiro atoms. The van der Waals surface area contributed by atoms with E-state index in [-0.39, 0.29) is 0 Å². The van der Waals surface area contributed by atoms with E-state index in [0.29, 0.717) is 0 Å². The first-order valence-corrected chi connectivity index (χ1v) is 4.56. The van der Waals surface area contributed by atoms with Crippen LogP contribution in [0.5, 0.6) is 0 Å². The van der Waals surface area contributed by atoms with Crippen molar-refractivity contribution in [3.63, 3.8) is 0 Å². The molecule has 0 fully saturated rings. The molecular weight excluding hydrogens is 193 g/mol. The van der Waals surface area contributed by atoms with Gasteiger partial charge in [0, 0.05) is 0 Å². The smallest absolute Gasteiger partial charge is 0.380 e. The number of allylic oxidation sites excluding steroid dienone is 3. The highest BCUT2D eigenvalue weighted by Crippen LogP contribution is 2.20. The standard InChI is InChI=1S/C10H15F3O/c1-2-3-4-5-6-7-8-9(14)10(11,12)13/h5-9,14H,2-4H2,1H3/b6-5+,8-7+. The number of hydrogen-bond donors (Lipinski definition) is 1. The van der Waals surface area contributed by atoms with Gasteiger partial charge in [-0.25, -0.2) is 0 Å². The predicted octanol–water partition coefficient (Wildman–Crippen LogP) is 3.21. The summed E-state index contributed by atoms with van der Waals surface area (Å²) < 4.78 is 35.3. The van der Waals surface area contributed by atoms with Gasteiger partial charge >= 0.3 is 6.18 Å². The molecule has 82 valence electrons. The molecule has 0 amide bonds. The second-order valence-corrected chi connectivity index (χ2v) is 2.94. The molecule has 0 aromatic rings. The van der Waals surface area contributed by atoms with E-state index in [4.69, 9.17) is 5.11 Å². The van der Waals surface area contributed by atoms with E-state index in [1.165, 1.54) is 12.2 Å². The summed E-state index contributed by atoms with van der Waals surface area (Å²) in [6.45, 7) is 2.04. The number of halogens is 3. The highest BCUT2D eigenvalue weighted by Gasteiger charge is 2.35. The third-order valence-corrected chi connectivity index (χ3v) is 1.60. The van der Waals surface area contributed by atoms with Gasteiger partial charge in [0.1, 0.15) is 0 Å². The Hall–Kier alpha value is -0.770. The summed E-state index contributed by atoms with van der Waals surface area (Å²) in [5.74, 6) is 0. The van der Waals surface area contributed by atoms with Crippen LogP contribution in [0.1, 0.15) is 26.2 Å². The Morgan fingerprint density at radius 3 is 2.43 bits per heavy atom. The Bertz CT molecular complexity index is 194. The molecule has 0 bridgehead atoms. The molecule has 4 heteroatoms. The molecule has 0 aliphatic carbocycles. The van der Waals surface area contributed by atoms with Crippen molar-refractivity contribution in [1.82, 2.24) is 0 Å². The SMILES string of the molecule is CCCC/C=C/C=C/C(O)C(F)(F)F. The fourth-order valence-electron chi connectivity index (χ4n) is 0.775. The zero-order valence-corrected chi connectivity index (χ0v) is 8.09. The van der Waals surface area contributed by atoms with Crippen molar-refractivity contribution in [2.75, 3.05) is 0 Å². The third kappa shape index (κ3) is 6.71. The van der Waals surface area contributed by atoms with Crippen molar-refractivity contribution in [3.8, 4) is 0 Å². The van der Waals surface area contributed by atoms with Gasteiger partial charge in [0.2, 0.25) is 0 Å². The second kappa shape index (κ2) is 6.65. The molecule has 0 rings (SSSR count). The van der Waals surface area contributed by atoms with Gasteiger partial charge in [0.05, 0.1) is 0 Å². The summed E-state index contributed by atoms with van der Waals surface area (Å²) in [7, 11) is 0. The lowest BCUT2D eigenvalue weighted by Gasteiger charge is -2.08. The van der Waals surface area contributed by atoms with Crippen LogP contribution in [0.25, 0.3) is 0 Å². The van der Waals surface area contributed by atoms with Crippen molar-refractivity contribution < 1.29 is 18.3 Å². The summed E-state index contributed by atoms with van der Waals surface area (Å²) >= 11 is 0. The molecule has 1 nitrogen and oxygen atoms in total. The summed E-state index contributed by atoms with van der Waals surface area (Å²) in [6.07, 6.45) is 1.24. The van der Waals surface area contributed by atoms with Gasteiger partial charge < -0.3 is 5.11 Å². The van der Waals surface area contributed by atoms with Gasteiger partial charge in [-0.15, -0.1) is 0 Å². The molecule has 1 unspecified atom stereocenters. The summed E-state index contributed by atoms with van der Waals surface area (Å²) in [5.41, 5.74) is 0. The molecule has 0 aromatic heterocycles. The first-order valence-electron chi connectivity index (χ1n) is 4.56. The average molecular weight is 208 g/mol. The lowest BCUT2D eigenvalue weighted by atomic mass is 10.2. The molecule has 1 N–H and O–H groups in total. The maximum Gasteiger partial charge on any atom is 0.417 e. The van der Waals surface area contributed by atoms with Crippen molar-refractivity contribution in [2.24, 2.45) is 0 Å². The van der Waals surface area contributed by atoms with E-state index < -0.39 is 12.3 Å². The van der Waals surface area contributed by atoms with Gasteiger partial charge in [-0.3, -0.25) is 0 Å². The van der Waals surface area contributed by atoms with E-state index in [1.807, 2.05) is 6.92 Å². The highest BCUT2D eigenvalue weighted by atomic mass is 19.4. The van der Waals surface area contributed by atoms with Crippen LogP contribution in [0, 0.1) is 0 Å². The monoisotopic (exact) mass is 208 g/mol. The lowest BCUT2D eigenvalue weighted by Crippen LogP contribution is -2.25. The van der Waals surface area contributed by atoms with E-state index >= 15 is 0 Å². The minimum atomic E-state index is -4.56. The number of alkyl halides is 3. The van der Waals surface area contributed by atoms with Crippen LogP contribution in [-0.4, -0.2) is 17.4 Å². The van der Waals surface area contributed by atoms with E-state index in [1.54, 1.807) is 6.08 Å². The summed E-state index contributed by atoms with van der Waals surface area (Å²) in [6, 6.07) is 0. The normalized spacial score (nSPS) is 15.5. The van der Waals surface area contributed by atoms with Crippen LogP contribution < -0.4 is 0 Å². The van der Waals surface area contributed by atoms with E-state index in [9.17, 15) is 13.2 Å². The fraction of sp³-hybridized carbons (Fsp3) is 0.600. The summed E-state index contributed by atoms with van der Waals surface area (Å²) in [4.78, 5) is 0. The van der Waals surface area contributed by atoms with E-state index in [0.717, 1.165) is 25.3 Å². The van der Waals surface area contributed by atoms with Crippen molar-refractivity contribution in [2.45, 2.75) is 38.5 Å². The van der Waals surface area contributed by atoms with Crippen LogP contribution >= 0.6 is 0 Å². The first kappa shape index (κ1) is 13.2. The van der Waals surface area contributed by atoms with Gasteiger partial charge in [-0.05, 0) is 12.5 Å². The number of unbranched alkanes of at least 4 members (excludes halogenated alkanes) is 2. The fourth-order valence-corrected chi connectivity index (χ4v) is 0.775. The zero-order valence-electron chi connectivity index (χ0n) is 8.09. The van der Waals surface area contributed by atoms with Crippen LogP contribution in [0.15, 0.2) is 24.3 Å². The minimum Gasteiger partial charge on any atom is -0.380 e. The van der Waals surface area contributed by atoms with Gasteiger partial charge in [0.15, 0.2) is 6.10 Å². The zero-order chi connectivity index (χ0) is 11.0. The third-order valence-electron chi connectivity index (χ3n) is 1.60. The lowest BCUT2D eigenvalue weighted by molar-refractivity contribution is -0.187. The topological polar surface area (TPSA) is 20.2 Å². The Balaban J connectivity index is 3.77. The molecule has 0 radical (unpaired) electrons. The molecule has 0 aliphatic heterocycles. The van der Waals surface area contributed by atoms with Crippen molar-refractivity contribution >= 4 is 0 Å². The Labute approximate surface area is 81.9 Å². The van der Waals surface area contributed by atoms with E-state index in [2.05, 4.69) is 0 Å². The Morgan fingerprint density at radius 2 is 1.93 bits per heavy atom. The van der Waals surface area contributed by atoms with Crippen molar-refractivity contribution in [3.05, 3.63) is 24.3 Å². The van der Waals surface area contributed by atoms with Gasteiger partial charge in [0.25, 0.3) is 0 Å². The molecule has 1 atom stereocenters. The van der Waals surface area contributed by atoms with Gasteiger partial charge in [-0.1, -0.05) is 38.0 Å². The maximum absolute atomic E-state index is 11.8. The highest BCUT2D eigenvalue weighted by molar-refractivity contribution is 5.05. The van der Waals surface area contributed by atoms with Crippen LogP contribution in [-0.2, 0) is 0 Å². The van der Waals surface area contributed by atoms with Gasteiger partial charge in [-0.2, -0.15) is 13.2 Å². The minimum absolute atomic E-state index is 0.725. The largest absolute Gasteiger partial charge is 0.417 e. The molecule has 0 saturated heterocycles. The Morgan fingerprint density at radius 1 is 1.29 bits per heavy atom. The molecule has 0 aliphatic rings. The number of aliphatic hydroxyl groups excluding tert-OH is 1. The number of hydrogen-bond acceptors (Lipinski definition) is 1. The summed E-state index contributed by atoms with van der Waals surface area (Å²) in [5, 5.41) is 8.54. The molecule has 14 heavy (non-hydrogen) atoms. The predicted molar refractivity (Wildman–Crippen MR) is 49.9 cm³/mol. The first-order chi connectivity index (χ1) is 6.48. The number of rotatable bonds is 5. The van der Waals surface area contributed by atoms with Crippen molar-refractivity contribution in [1.29, 1.82) is 0 Å². The number of aliphatic hydroxyl groups is 1. The van der Waals surface area contributed by atoms with Crippen LogP contribution in [0.4, 0.5) is 13.2 Å². The molecule has 0 heterocycles.